The lowest BCUT2D eigenvalue weighted by Gasteiger charge is -2.39. The zero-order valence-corrected chi connectivity index (χ0v) is 21.8. The van der Waals surface area contributed by atoms with Crippen molar-refractivity contribution in [2.45, 2.75) is 19.4 Å². The van der Waals surface area contributed by atoms with Crippen molar-refractivity contribution in [1.29, 1.82) is 0 Å². The summed E-state index contributed by atoms with van der Waals surface area (Å²) < 4.78 is 0. The summed E-state index contributed by atoms with van der Waals surface area (Å²) in [7, 11) is 0. The summed E-state index contributed by atoms with van der Waals surface area (Å²) in [5, 5.41) is 11.4. The first-order valence-electron chi connectivity index (χ1n) is 12.6. The van der Waals surface area contributed by atoms with E-state index in [-0.39, 0.29) is 6.03 Å². The number of hydrogen-bond donors (Lipinski definition) is 2. The number of H-pyrrole nitrogens is 1. The summed E-state index contributed by atoms with van der Waals surface area (Å²) in [6, 6.07) is 15.4. The monoisotopic (exact) mass is 526 g/mol. The molecule has 1 atom stereocenters. The Balaban J connectivity index is 1.09. The van der Waals surface area contributed by atoms with Gasteiger partial charge in [0.05, 0.1) is 15.7 Å². The number of carbonyl (C=O) groups excluding carboxylic acids is 1. The van der Waals surface area contributed by atoms with Gasteiger partial charge in [-0.05, 0) is 43.5 Å². The van der Waals surface area contributed by atoms with Gasteiger partial charge in [0.15, 0.2) is 0 Å². The summed E-state index contributed by atoms with van der Waals surface area (Å²) in [4.78, 5) is 19.6. The molecule has 2 saturated heterocycles. The molecule has 2 N–H and O–H groups in total. The number of amides is 2. The van der Waals surface area contributed by atoms with E-state index in [0.717, 1.165) is 63.6 Å². The van der Waals surface area contributed by atoms with Crippen LogP contribution in [-0.4, -0.2) is 76.7 Å². The van der Waals surface area contributed by atoms with Gasteiger partial charge in [0.2, 0.25) is 0 Å². The third kappa shape index (κ3) is 6.21. The highest BCUT2D eigenvalue weighted by Crippen LogP contribution is 2.26. The Morgan fingerprint density at radius 3 is 2.58 bits per heavy atom. The van der Waals surface area contributed by atoms with Crippen LogP contribution in [0.4, 0.5) is 10.5 Å². The lowest BCUT2D eigenvalue weighted by molar-refractivity contribution is 0.0985. The number of hydrogen-bond acceptors (Lipinski definition) is 4. The zero-order chi connectivity index (χ0) is 24.9. The first-order valence-corrected chi connectivity index (χ1v) is 13.3. The average Bonchev–Trinajstić information content (AvgIpc) is 3.35. The minimum atomic E-state index is -0.0915. The van der Waals surface area contributed by atoms with E-state index < -0.39 is 0 Å². The first-order chi connectivity index (χ1) is 17.5. The molecule has 2 aliphatic rings. The van der Waals surface area contributed by atoms with E-state index in [9.17, 15) is 4.79 Å². The number of halogens is 2. The molecule has 0 radical (unpaired) electrons. The van der Waals surface area contributed by atoms with Gasteiger partial charge in [-0.2, -0.15) is 5.10 Å². The maximum Gasteiger partial charge on any atom is 0.321 e. The molecule has 0 spiro atoms. The summed E-state index contributed by atoms with van der Waals surface area (Å²) in [5.74, 6) is 0.641. The number of benzene rings is 2. The predicted octanol–water partition coefficient (Wildman–Crippen LogP) is 5.45. The number of aromatic nitrogens is 2. The Morgan fingerprint density at radius 2 is 1.81 bits per heavy atom. The standard InChI is InChI=1S/C27H32Cl2N6O/c28-24-9-8-23(15-25(24)29)31-27(36)35-13-11-33(12-14-35)17-20-5-4-10-34(18-20)19-22-16-30-32-26(22)21-6-2-1-3-7-21/h1-3,6-9,15-16,20H,4-5,10-14,17-19H2,(H,30,32)(H,31,36)/t20-/m0/s1. The molecule has 0 aliphatic carbocycles. The number of carbonyl (C=O) groups is 1. The van der Waals surface area contributed by atoms with Crippen LogP contribution in [0, 0.1) is 5.92 Å². The smallest absolute Gasteiger partial charge is 0.321 e. The highest BCUT2D eigenvalue weighted by molar-refractivity contribution is 6.42. The molecular formula is C27H32Cl2N6O. The van der Waals surface area contributed by atoms with Gasteiger partial charge in [-0.25, -0.2) is 4.79 Å². The van der Waals surface area contributed by atoms with Gasteiger partial charge in [0.25, 0.3) is 0 Å². The molecular weight excluding hydrogens is 495 g/mol. The molecule has 5 rings (SSSR count). The quantitative estimate of drug-likeness (QED) is 0.448. The Bertz CT molecular complexity index is 1160. The van der Waals surface area contributed by atoms with E-state index in [2.05, 4.69) is 49.6 Å². The molecule has 190 valence electrons. The number of anilines is 1. The van der Waals surface area contributed by atoms with E-state index in [4.69, 9.17) is 23.2 Å². The van der Waals surface area contributed by atoms with Crippen LogP contribution in [0.5, 0.6) is 0 Å². The lowest BCUT2D eigenvalue weighted by Crippen LogP contribution is -2.52. The molecule has 2 aromatic carbocycles. The fourth-order valence-electron chi connectivity index (χ4n) is 5.24. The molecule has 2 amide bonds. The van der Waals surface area contributed by atoms with Crippen LogP contribution in [-0.2, 0) is 6.54 Å². The fraction of sp³-hybridized carbons (Fsp3) is 0.407. The van der Waals surface area contributed by atoms with Crippen LogP contribution in [0.1, 0.15) is 18.4 Å². The van der Waals surface area contributed by atoms with Gasteiger partial charge in [0, 0.05) is 68.8 Å². The second-order valence-corrected chi connectivity index (χ2v) is 10.5. The number of rotatable bonds is 6. The van der Waals surface area contributed by atoms with E-state index in [1.54, 1.807) is 18.2 Å². The van der Waals surface area contributed by atoms with Crippen molar-refractivity contribution in [3.05, 3.63) is 70.3 Å². The molecule has 7 nitrogen and oxygen atoms in total. The third-order valence-corrected chi connectivity index (χ3v) is 7.85. The van der Waals surface area contributed by atoms with E-state index in [1.165, 1.54) is 18.4 Å². The molecule has 3 aromatic rings. The van der Waals surface area contributed by atoms with Crippen molar-refractivity contribution < 1.29 is 4.79 Å². The zero-order valence-electron chi connectivity index (χ0n) is 20.3. The van der Waals surface area contributed by atoms with Crippen molar-refractivity contribution >= 4 is 34.9 Å². The van der Waals surface area contributed by atoms with Crippen LogP contribution in [0.3, 0.4) is 0 Å². The van der Waals surface area contributed by atoms with Gasteiger partial charge in [-0.1, -0.05) is 53.5 Å². The summed E-state index contributed by atoms with van der Waals surface area (Å²) in [6.07, 6.45) is 4.51. The molecule has 2 aliphatic heterocycles. The molecule has 0 unspecified atom stereocenters. The van der Waals surface area contributed by atoms with Gasteiger partial charge < -0.3 is 10.2 Å². The predicted molar refractivity (Wildman–Crippen MR) is 146 cm³/mol. The first kappa shape index (κ1) is 25.1. The summed E-state index contributed by atoms with van der Waals surface area (Å²) in [6.45, 7) is 7.44. The Labute approximate surface area is 222 Å². The number of urea groups is 1. The summed E-state index contributed by atoms with van der Waals surface area (Å²) >= 11 is 12.0. The second kappa shape index (κ2) is 11.6. The summed E-state index contributed by atoms with van der Waals surface area (Å²) in [5.41, 5.74) is 4.12. The SMILES string of the molecule is O=C(Nc1ccc(Cl)c(Cl)c1)N1CCN(C[C@@H]2CCCN(Cc3c[nH]nc3-c3ccccc3)C2)CC1. The van der Waals surface area contributed by atoms with E-state index >= 15 is 0 Å². The maximum atomic E-state index is 12.7. The van der Waals surface area contributed by atoms with Crippen molar-refractivity contribution in [2.75, 3.05) is 51.1 Å². The lowest BCUT2D eigenvalue weighted by atomic mass is 9.96. The van der Waals surface area contributed by atoms with Crippen LogP contribution in [0.2, 0.25) is 10.0 Å². The molecule has 3 heterocycles. The number of nitrogens with one attached hydrogen (secondary N) is 2. The van der Waals surface area contributed by atoms with Gasteiger partial charge in [-0.3, -0.25) is 14.9 Å². The second-order valence-electron chi connectivity index (χ2n) is 9.72. The molecule has 2 fully saturated rings. The highest BCUT2D eigenvalue weighted by Gasteiger charge is 2.26. The number of likely N-dealkylation sites (tertiary alicyclic amines) is 1. The Kier molecular flexibility index (Phi) is 8.12. The van der Waals surface area contributed by atoms with Gasteiger partial charge >= 0.3 is 6.03 Å². The minimum absolute atomic E-state index is 0.0915. The van der Waals surface area contributed by atoms with Crippen molar-refractivity contribution in [2.24, 2.45) is 5.92 Å². The van der Waals surface area contributed by atoms with Crippen LogP contribution in [0.15, 0.2) is 54.7 Å². The van der Waals surface area contributed by atoms with Crippen LogP contribution < -0.4 is 5.32 Å². The highest BCUT2D eigenvalue weighted by atomic mass is 35.5. The molecule has 0 saturated carbocycles. The molecule has 9 heteroatoms. The fourth-order valence-corrected chi connectivity index (χ4v) is 5.54. The van der Waals surface area contributed by atoms with Crippen LogP contribution >= 0.6 is 23.2 Å². The normalized spacial score (nSPS) is 19.4. The van der Waals surface area contributed by atoms with Crippen molar-refractivity contribution in [3.63, 3.8) is 0 Å². The molecule has 36 heavy (non-hydrogen) atoms. The van der Waals surface area contributed by atoms with Crippen LogP contribution in [0.25, 0.3) is 11.3 Å². The van der Waals surface area contributed by atoms with Gasteiger partial charge in [0.1, 0.15) is 0 Å². The number of aromatic amines is 1. The number of piperidine rings is 1. The van der Waals surface area contributed by atoms with Gasteiger partial charge in [-0.15, -0.1) is 0 Å². The third-order valence-electron chi connectivity index (χ3n) is 7.11. The average molecular weight is 528 g/mol. The van der Waals surface area contributed by atoms with E-state index in [0.29, 0.717) is 21.7 Å². The Hall–Kier alpha value is -2.58. The number of nitrogens with zero attached hydrogens (tertiary/aromatic N) is 4. The van der Waals surface area contributed by atoms with Crippen molar-refractivity contribution in [1.82, 2.24) is 24.9 Å². The maximum absolute atomic E-state index is 12.7. The molecule has 1 aromatic heterocycles. The van der Waals surface area contributed by atoms with E-state index in [1.807, 2.05) is 17.2 Å². The topological polar surface area (TPSA) is 67.5 Å². The number of piperazine rings is 1. The Morgan fingerprint density at radius 1 is 1.00 bits per heavy atom. The molecule has 0 bridgehead atoms. The minimum Gasteiger partial charge on any atom is -0.322 e. The largest absolute Gasteiger partial charge is 0.322 e. The van der Waals surface area contributed by atoms with Crippen molar-refractivity contribution in [3.8, 4) is 11.3 Å².